The molecule has 2 heterocycles. The number of rotatable bonds is 5. The normalized spacial score (nSPS) is 17.5. The number of hydrogen-bond acceptors (Lipinski definition) is 3. The van der Waals surface area contributed by atoms with Crippen molar-refractivity contribution in [2.24, 2.45) is 5.92 Å². The molecule has 0 spiro atoms. The second-order valence-corrected chi connectivity index (χ2v) is 6.92. The van der Waals surface area contributed by atoms with E-state index in [1.165, 1.54) is 16.9 Å². The van der Waals surface area contributed by atoms with E-state index in [0.29, 0.717) is 6.54 Å². The van der Waals surface area contributed by atoms with Gasteiger partial charge in [-0.1, -0.05) is 6.92 Å². The fraction of sp³-hybridized carbons (Fsp3) is 0.500. The lowest BCUT2D eigenvalue weighted by molar-refractivity contribution is 0.0956. The van der Waals surface area contributed by atoms with Crippen LogP contribution in [0.2, 0.25) is 0 Å². The summed E-state index contributed by atoms with van der Waals surface area (Å²) in [7, 11) is 0. The first kappa shape index (κ1) is 14.3. The van der Waals surface area contributed by atoms with Crippen molar-refractivity contribution in [2.75, 3.05) is 6.54 Å². The van der Waals surface area contributed by atoms with E-state index in [-0.39, 0.29) is 5.91 Å². The van der Waals surface area contributed by atoms with Crippen LogP contribution in [0.5, 0.6) is 0 Å². The molecule has 2 aromatic rings. The molecule has 112 valence electrons. The Morgan fingerprint density at radius 1 is 1.57 bits per heavy atom. The molecular weight excluding hydrogens is 282 g/mol. The number of carbonyl (C=O) groups is 1. The highest BCUT2D eigenvalue weighted by Gasteiger charge is 2.20. The Bertz CT molecular complexity index is 603. The first-order valence-electron chi connectivity index (χ1n) is 7.59. The molecule has 0 bridgehead atoms. The maximum atomic E-state index is 12.2. The van der Waals surface area contributed by atoms with Gasteiger partial charge in [0.05, 0.1) is 4.88 Å². The van der Waals surface area contributed by atoms with Crippen LogP contribution in [0.3, 0.4) is 0 Å². The highest BCUT2D eigenvalue weighted by Crippen LogP contribution is 2.32. The molecule has 1 aliphatic carbocycles. The van der Waals surface area contributed by atoms with Gasteiger partial charge in [-0.3, -0.25) is 9.48 Å². The fourth-order valence-corrected chi connectivity index (χ4v) is 3.91. The molecule has 0 saturated heterocycles. The second-order valence-electron chi connectivity index (χ2n) is 5.79. The first-order chi connectivity index (χ1) is 10.2. The van der Waals surface area contributed by atoms with Gasteiger partial charge >= 0.3 is 0 Å². The van der Waals surface area contributed by atoms with Crippen LogP contribution in [-0.4, -0.2) is 22.2 Å². The molecular formula is C16H21N3OS. The van der Waals surface area contributed by atoms with Crippen molar-refractivity contribution < 1.29 is 4.79 Å². The van der Waals surface area contributed by atoms with Crippen LogP contribution >= 0.6 is 11.3 Å². The molecule has 0 saturated carbocycles. The third kappa shape index (κ3) is 3.53. The quantitative estimate of drug-likeness (QED) is 0.863. The zero-order valence-electron chi connectivity index (χ0n) is 12.3. The van der Waals surface area contributed by atoms with Crippen LogP contribution in [0.1, 0.15) is 39.9 Å². The summed E-state index contributed by atoms with van der Waals surface area (Å²) in [6.45, 7) is 3.82. The Hall–Kier alpha value is -1.62. The Morgan fingerprint density at radius 2 is 2.48 bits per heavy atom. The summed E-state index contributed by atoms with van der Waals surface area (Å²) in [5.41, 5.74) is 1.39. The number of amides is 1. The van der Waals surface area contributed by atoms with Gasteiger partial charge < -0.3 is 5.32 Å². The van der Waals surface area contributed by atoms with E-state index in [0.717, 1.165) is 36.6 Å². The molecule has 5 heteroatoms. The highest BCUT2D eigenvalue weighted by molar-refractivity contribution is 7.14. The van der Waals surface area contributed by atoms with Crippen molar-refractivity contribution in [2.45, 2.75) is 39.2 Å². The van der Waals surface area contributed by atoms with Crippen LogP contribution in [0.4, 0.5) is 0 Å². The largest absolute Gasteiger partial charge is 0.351 e. The molecule has 1 amide bonds. The summed E-state index contributed by atoms with van der Waals surface area (Å²) in [5, 5.41) is 7.16. The van der Waals surface area contributed by atoms with E-state index in [1.807, 2.05) is 16.9 Å². The third-order valence-electron chi connectivity index (χ3n) is 3.96. The molecule has 1 aliphatic rings. The number of aryl methyl sites for hydroxylation is 2. The molecule has 21 heavy (non-hydrogen) atoms. The van der Waals surface area contributed by atoms with E-state index >= 15 is 0 Å². The minimum absolute atomic E-state index is 0.0718. The zero-order valence-corrected chi connectivity index (χ0v) is 13.2. The van der Waals surface area contributed by atoms with Gasteiger partial charge in [0.1, 0.15) is 0 Å². The molecule has 1 N–H and O–H groups in total. The minimum Gasteiger partial charge on any atom is -0.351 e. The first-order valence-corrected chi connectivity index (χ1v) is 8.41. The Balaban J connectivity index is 1.49. The van der Waals surface area contributed by atoms with Crippen LogP contribution in [0.25, 0.3) is 0 Å². The molecule has 0 unspecified atom stereocenters. The summed E-state index contributed by atoms with van der Waals surface area (Å²) >= 11 is 1.67. The van der Waals surface area contributed by atoms with Crippen molar-refractivity contribution in [3.63, 3.8) is 0 Å². The lowest BCUT2D eigenvalue weighted by Crippen LogP contribution is -2.24. The molecule has 3 rings (SSSR count). The van der Waals surface area contributed by atoms with Crippen molar-refractivity contribution in [1.29, 1.82) is 0 Å². The van der Waals surface area contributed by atoms with Crippen molar-refractivity contribution in [3.8, 4) is 0 Å². The number of aromatic nitrogens is 2. The summed E-state index contributed by atoms with van der Waals surface area (Å²) < 4.78 is 1.89. The molecule has 1 atom stereocenters. The van der Waals surface area contributed by atoms with Crippen molar-refractivity contribution in [1.82, 2.24) is 15.1 Å². The minimum atomic E-state index is 0.0718. The number of hydrogen-bond donors (Lipinski definition) is 1. The third-order valence-corrected chi connectivity index (χ3v) is 5.20. The van der Waals surface area contributed by atoms with Gasteiger partial charge in [0.2, 0.25) is 0 Å². The number of nitrogens with zero attached hydrogens (tertiary/aromatic N) is 2. The van der Waals surface area contributed by atoms with Gasteiger partial charge in [0, 0.05) is 30.4 Å². The summed E-state index contributed by atoms with van der Waals surface area (Å²) in [6, 6.07) is 4.01. The Kier molecular flexibility index (Phi) is 4.39. The summed E-state index contributed by atoms with van der Waals surface area (Å²) in [5.74, 6) is 0.819. The predicted molar refractivity (Wildman–Crippen MR) is 84.7 cm³/mol. The Labute approximate surface area is 129 Å². The number of carbonyl (C=O) groups excluding carboxylic acids is 1. The van der Waals surface area contributed by atoms with Crippen LogP contribution < -0.4 is 5.32 Å². The molecule has 0 aromatic carbocycles. The molecule has 0 aliphatic heterocycles. The van der Waals surface area contributed by atoms with Crippen LogP contribution in [-0.2, 0) is 19.4 Å². The topological polar surface area (TPSA) is 46.9 Å². The summed E-state index contributed by atoms with van der Waals surface area (Å²) in [4.78, 5) is 14.5. The number of nitrogens with one attached hydrogen (secondary N) is 1. The maximum Gasteiger partial charge on any atom is 0.261 e. The standard InChI is InChI=1S/C16H21N3OS/c1-12-4-5-14-13(10-12)11-15(21-14)16(20)17-6-2-8-19-9-3-7-18-19/h3,7,9,11-12H,2,4-6,8,10H2,1H3,(H,17,20)/t12-/m0/s1. The summed E-state index contributed by atoms with van der Waals surface area (Å²) in [6.07, 6.45) is 8.12. The lowest BCUT2D eigenvalue weighted by atomic mass is 9.90. The monoisotopic (exact) mass is 303 g/mol. The van der Waals surface area contributed by atoms with Gasteiger partial charge in [0.25, 0.3) is 5.91 Å². The number of thiophene rings is 1. The van der Waals surface area contributed by atoms with Crippen LogP contribution in [0, 0.1) is 5.92 Å². The predicted octanol–water partition coefficient (Wildman–Crippen LogP) is 2.89. The van der Waals surface area contributed by atoms with Crippen molar-refractivity contribution in [3.05, 3.63) is 39.8 Å². The van der Waals surface area contributed by atoms with E-state index in [4.69, 9.17) is 0 Å². The van der Waals surface area contributed by atoms with E-state index < -0.39 is 0 Å². The zero-order chi connectivity index (χ0) is 14.7. The highest BCUT2D eigenvalue weighted by atomic mass is 32.1. The number of fused-ring (bicyclic) bond motifs is 1. The average molecular weight is 303 g/mol. The van der Waals surface area contributed by atoms with E-state index in [9.17, 15) is 4.79 Å². The van der Waals surface area contributed by atoms with Crippen LogP contribution in [0.15, 0.2) is 24.5 Å². The smallest absolute Gasteiger partial charge is 0.261 e. The molecule has 4 nitrogen and oxygen atoms in total. The SMILES string of the molecule is C[C@H]1CCc2sc(C(=O)NCCCn3cccn3)cc2C1. The van der Waals surface area contributed by atoms with E-state index in [1.54, 1.807) is 17.5 Å². The van der Waals surface area contributed by atoms with Gasteiger partial charge in [-0.15, -0.1) is 11.3 Å². The Morgan fingerprint density at radius 3 is 3.29 bits per heavy atom. The van der Waals surface area contributed by atoms with Gasteiger partial charge in [-0.05, 0) is 49.3 Å². The van der Waals surface area contributed by atoms with Gasteiger partial charge in [-0.25, -0.2) is 0 Å². The van der Waals surface area contributed by atoms with Gasteiger partial charge in [0.15, 0.2) is 0 Å². The lowest BCUT2D eigenvalue weighted by Gasteiger charge is -2.16. The van der Waals surface area contributed by atoms with E-state index in [2.05, 4.69) is 23.4 Å². The fourth-order valence-electron chi connectivity index (χ4n) is 2.78. The second kappa shape index (κ2) is 6.43. The molecule has 0 radical (unpaired) electrons. The average Bonchev–Trinajstić information content (AvgIpc) is 3.11. The molecule has 0 fully saturated rings. The van der Waals surface area contributed by atoms with Crippen molar-refractivity contribution >= 4 is 17.2 Å². The maximum absolute atomic E-state index is 12.2. The van der Waals surface area contributed by atoms with Gasteiger partial charge in [-0.2, -0.15) is 5.10 Å². The molecule has 2 aromatic heterocycles.